The van der Waals surface area contributed by atoms with Crippen molar-refractivity contribution in [2.75, 3.05) is 6.61 Å². The summed E-state index contributed by atoms with van der Waals surface area (Å²) in [6.45, 7) is 9.43. The first-order chi connectivity index (χ1) is 15.6. The van der Waals surface area contributed by atoms with E-state index in [1.54, 1.807) is 4.90 Å². The quantitative estimate of drug-likeness (QED) is 0.588. The third kappa shape index (κ3) is 6.92. The zero-order valence-corrected chi connectivity index (χ0v) is 20.4. The summed E-state index contributed by atoms with van der Waals surface area (Å²) in [7, 11) is 0. The topological polar surface area (TPSA) is 59.0 Å². The molecule has 1 amide bonds. The Bertz CT molecular complexity index is 918. The molecule has 5 nitrogen and oxygen atoms in total. The van der Waals surface area contributed by atoms with Gasteiger partial charge in [-0.05, 0) is 58.6 Å². The Morgan fingerprint density at radius 3 is 2.30 bits per heavy atom. The van der Waals surface area contributed by atoms with Gasteiger partial charge >= 0.3 is 6.09 Å². The van der Waals surface area contributed by atoms with E-state index in [-0.39, 0.29) is 30.8 Å². The number of aliphatic hydroxyl groups excluding tert-OH is 1. The third-order valence-corrected chi connectivity index (χ3v) is 5.79. The van der Waals surface area contributed by atoms with Gasteiger partial charge in [-0.25, -0.2) is 4.79 Å². The van der Waals surface area contributed by atoms with Crippen molar-refractivity contribution in [1.82, 2.24) is 4.90 Å². The Labute approximate surface area is 198 Å². The SMILES string of the molecule is CC(C)(C)OC(=O)N1[C@@H](Cc2ccccc2)[C@H](CC(/C=C/c2ccccc2)CO)OC1(C)C. The average Bonchev–Trinajstić information content (AvgIpc) is 3.00. The van der Waals surface area contributed by atoms with Gasteiger partial charge in [0, 0.05) is 12.5 Å². The van der Waals surface area contributed by atoms with Crippen LogP contribution in [0.3, 0.4) is 0 Å². The molecule has 3 rings (SSSR count). The molecule has 1 saturated heterocycles. The minimum atomic E-state index is -0.824. The molecule has 1 unspecified atom stereocenters. The van der Waals surface area contributed by atoms with Crippen LogP contribution in [0.1, 0.15) is 52.2 Å². The van der Waals surface area contributed by atoms with Crippen molar-refractivity contribution in [3.05, 3.63) is 77.9 Å². The van der Waals surface area contributed by atoms with E-state index in [1.165, 1.54) is 0 Å². The van der Waals surface area contributed by atoms with Crippen LogP contribution in [0.15, 0.2) is 66.7 Å². The zero-order chi connectivity index (χ0) is 24.1. The lowest BCUT2D eigenvalue weighted by Crippen LogP contribution is -2.51. The number of rotatable bonds is 7. The monoisotopic (exact) mass is 451 g/mol. The van der Waals surface area contributed by atoms with E-state index < -0.39 is 11.3 Å². The Balaban J connectivity index is 1.85. The van der Waals surface area contributed by atoms with Crippen molar-refractivity contribution in [3.63, 3.8) is 0 Å². The predicted octanol–water partition coefficient (Wildman–Crippen LogP) is 5.68. The maximum absolute atomic E-state index is 13.2. The van der Waals surface area contributed by atoms with Crippen LogP contribution < -0.4 is 0 Å². The molecule has 0 aromatic heterocycles. The largest absolute Gasteiger partial charge is 0.444 e. The van der Waals surface area contributed by atoms with Crippen molar-refractivity contribution in [3.8, 4) is 0 Å². The molecule has 0 saturated carbocycles. The van der Waals surface area contributed by atoms with Gasteiger partial charge in [0.05, 0.1) is 12.1 Å². The minimum Gasteiger partial charge on any atom is -0.444 e. The van der Waals surface area contributed by atoms with Gasteiger partial charge in [-0.1, -0.05) is 72.8 Å². The number of amides is 1. The molecule has 1 heterocycles. The minimum absolute atomic E-state index is 0.00805. The van der Waals surface area contributed by atoms with Crippen LogP contribution in [0.4, 0.5) is 4.79 Å². The standard InChI is InChI=1S/C28H37NO4/c1-27(2,3)33-26(31)29-24(18-22-14-10-7-11-15-22)25(32-28(29,4)5)19-23(20-30)17-16-21-12-8-6-9-13-21/h6-17,23-25,30H,18-20H2,1-5H3/b17-16+/t23?,24-,25-/m0/s1. The fraction of sp³-hybridized carbons (Fsp3) is 0.464. The smallest absolute Gasteiger partial charge is 0.412 e. The van der Waals surface area contributed by atoms with Crippen molar-refractivity contribution in [1.29, 1.82) is 0 Å². The number of carbonyl (C=O) groups excluding carboxylic acids is 1. The normalized spacial score (nSPS) is 21.3. The summed E-state index contributed by atoms with van der Waals surface area (Å²) in [5.41, 5.74) is 0.784. The summed E-state index contributed by atoms with van der Waals surface area (Å²) in [5, 5.41) is 10.1. The first-order valence-corrected chi connectivity index (χ1v) is 11.7. The molecule has 1 aliphatic heterocycles. The van der Waals surface area contributed by atoms with Gasteiger partial charge < -0.3 is 14.6 Å². The molecule has 3 atom stereocenters. The zero-order valence-electron chi connectivity index (χ0n) is 20.4. The summed E-state index contributed by atoms with van der Waals surface area (Å²) in [6.07, 6.45) is 4.68. The lowest BCUT2D eigenvalue weighted by atomic mass is 9.92. The second kappa shape index (κ2) is 10.5. The highest BCUT2D eigenvalue weighted by atomic mass is 16.6. The number of hydrogen-bond acceptors (Lipinski definition) is 4. The molecule has 33 heavy (non-hydrogen) atoms. The van der Waals surface area contributed by atoms with Crippen LogP contribution in [0, 0.1) is 5.92 Å². The summed E-state index contributed by atoms with van der Waals surface area (Å²) in [6, 6.07) is 19.9. The molecule has 1 fully saturated rings. The maximum Gasteiger partial charge on any atom is 0.412 e. The van der Waals surface area contributed by atoms with Crippen LogP contribution in [0.25, 0.3) is 6.08 Å². The highest BCUT2D eigenvalue weighted by Gasteiger charge is 2.51. The van der Waals surface area contributed by atoms with Gasteiger partial charge in [0.25, 0.3) is 0 Å². The Morgan fingerprint density at radius 1 is 1.12 bits per heavy atom. The lowest BCUT2D eigenvalue weighted by Gasteiger charge is -2.35. The van der Waals surface area contributed by atoms with Crippen LogP contribution in [0.5, 0.6) is 0 Å². The molecular formula is C28H37NO4. The van der Waals surface area contributed by atoms with E-state index in [2.05, 4.69) is 12.1 Å². The highest BCUT2D eigenvalue weighted by molar-refractivity contribution is 5.70. The number of ether oxygens (including phenoxy) is 2. The number of nitrogens with zero attached hydrogens (tertiary/aromatic N) is 1. The highest BCUT2D eigenvalue weighted by Crippen LogP contribution is 2.38. The van der Waals surface area contributed by atoms with Crippen LogP contribution >= 0.6 is 0 Å². The van der Waals surface area contributed by atoms with Gasteiger partial charge in [0.2, 0.25) is 0 Å². The molecule has 0 bridgehead atoms. The van der Waals surface area contributed by atoms with Crippen LogP contribution in [0.2, 0.25) is 0 Å². The maximum atomic E-state index is 13.2. The van der Waals surface area contributed by atoms with Gasteiger partial charge in [0.15, 0.2) is 0 Å². The fourth-order valence-electron chi connectivity index (χ4n) is 4.34. The first kappa shape index (κ1) is 25.0. The summed E-state index contributed by atoms with van der Waals surface area (Å²) in [5.74, 6) is -0.0946. The molecule has 0 spiro atoms. The van der Waals surface area contributed by atoms with Gasteiger partial charge in [-0.3, -0.25) is 4.90 Å². The van der Waals surface area contributed by atoms with E-state index in [0.29, 0.717) is 12.8 Å². The van der Waals surface area contributed by atoms with E-state index >= 15 is 0 Å². The number of hydrogen-bond donors (Lipinski definition) is 1. The number of benzene rings is 2. The summed E-state index contributed by atoms with van der Waals surface area (Å²) in [4.78, 5) is 15.0. The van der Waals surface area contributed by atoms with E-state index in [9.17, 15) is 9.90 Å². The fourth-order valence-corrected chi connectivity index (χ4v) is 4.34. The van der Waals surface area contributed by atoms with Crippen LogP contribution in [-0.4, -0.2) is 46.2 Å². The van der Waals surface area contributed by atoms with Crippen molar-refractivity contribution < 1.29 is 19.4 Å². The third-order valence-electron chi connectivity index (χ3n) is 5.79. The molecule has 2 aromatic rings. The second-order valence-electron chi connectivity index (χ2n) is 10.2. The molecule has 0 aliphatic carbocycles. The number of carbonyl (C=O) groups is 1. The van der Waals surface area contributed by atoms with Crippen molar-refractivity contribution in [2.45, 2.75) is 70.9 Å². The summed E-state index contributed by atoms with van der Waals surface area (Å²) >= 11 is 0. The Hall–Kier alpha value is -2.63. The first-order valence-electron chi connectivity index (χ1n) is 11.7. The molecular weight excluding hydrogens is 414 g/mol. The lowest BCUT2D eigenvalue weighted by molar-refractivity contribution is -0.0819. The van der Waals surface area contributed by atoms with E-state index in [0.717, 1.165) is 11.1 Å². The molecule has 5 heteroatoms. The predicted molar refractivity (Wildman–Crippen MR) is 132 cm³/mol. The average molecular weight is 452 g/mol. The molecule has 0 radical (unpaired) electrons. The second-order valence-corrected chi connectivity index (χ2v) is 10.2. The van der Waals surface area contributed by atoms with Crippen molar-refractivity contribution >= 4 is 12.2 Å². The number of aliphatic hydroxyl groups is 1. The molecule has 2 aromatic carbocycles. The summed E-state index contributed by atoms with van der Waals surface area (Å²) < 4.78 is 12.2. The van der Waals surface area contributed by atoms with E-state index in [4.69, 9.17) is 9.47 Å². The molecule has 1 N–H and O–H groups in total. The van der Waals surface area contributed by atoms with Gasteiger partial charge in [0.1, 0.15) is 11.3 Å². The Kier molecular flexibility index (Phi) is 7.98. The Morgan fingerprint density at radius 2 is 1.73 bits per heavy atom. The van der Waals surface area contributed by atoms with E-state index in [1.807, 2.05) is 95.3 Å². The van der Waals surface area contributed by atoms with Crippen LogP contribution in [-0.2, 0) is 15.9 Å². The molecule has 1 aliphatic rings. The van der Waals surface area contributed by atoms with Gasteiger partial charge in [-0.2, -0.15) is 0 Å². The molecule has 178 valence electrons. The van der Waals surface area contributed by atoms with Crippen molar-refractivity contribution in [2.24, 2.45) is 5.92 Å². The van der Waals surface area contributed by atoms with Gasteiger partial charge in [-0.15, -0.1) is 0 Å².